The van der Waals surface area contributed by atoms with Crippen molar-refractivity contribution >= 4 is 5.78 Å². The molecule has 2 rings (SSSR count). The lowest BCUT2D eigenvalue weighted by atomic mass is 10.0. The third kappa shape index (κ3) is 1.92. The smallest absolute Gasteiger partial charge is 0.153 e. The van der Waals surface area contributed by atoms with E-state index in [1.54, 1.807) is 12.4 Å². The van der Waals surface area contributed by atoms with E-state index in [9.17, 15) is 4.79 Å². The van der Waals surface area contributed by atoms with Gasteiger partial charge in [0.1, 0.15) is 0 Å². The van der Waals surface area contributed by atoms with Crippen LogP contribution in [0.4, 0.5) is 0 Å². The van der Waals surface area contributed by atoms with Crippen LogP contribution in [0.3, 0.4) is 0 Å². The lowest BCUT2D eigenvalue weighted by Gasteiger charge is -2.29. The van der Waals surface area contributed by atoms with Gasteiger partial charge in [0.15, 0.2) is 5.78 Å². The Bertz CT molecular complexity index is 359. The van der Waals surface area contributed by atoms with Crippen molar-refractivity contribution in [3.05, 3.63) is 30.1 Å². The average Bonchev–Trinajstić information content (AvgIpc) is 2.47. The summed E-state index contributed by atoms with van der Waals surface area (Å²) in [6.45, 7) is 5.71. The number of hydrogen-bond acceptors (Lipinski definition) is 3. The Hall–Kier alpha value is -1.22. The predicted octanol–water partition coefficient (Wildman–Crippen LogP) is 1.64. The maximum absolute atomic E-state index is 11.6. The molecule has 0 saturated carbocycles. The van der Waals surface area contributed by atoms with Crippen LogP contribution < -0.4 is 0 Å². The fourth-order valence-corrected chi connectivity index (χ4v) is 1.98. The van der Waals surface area contributed by atoms with Gasteiger partial charge in [-0.1, -0.05) is 0 Å². The number of hydrogen-bond donors (Lipinski definition) is 0. The summed E-state index contributed by atoms with van der Waals surface area (Å²) in [5.74, 6) is 0.344. The van der Waals surface area contributed by atoms with Crippen molar-refractivity contribution in [2.24, 2.45) is 0 Å². The largest absolute Gasteiger partial charge is 0.298 e. The van der Waals surface area contributed by atoms with Crippen molar-refractivity contribution in [3.63, 3.8) is 0 Å². The van der Waals surface area contributed by atoms with Gasteiger partial charge in [-0.25, -0.2) is 0 Å². The first kappa shape index (κ1) is 10.3. The highest BCUT2D eigenvalue weighted by Crippen LogP contribution is 2.26. The number of aromatic nitrogens is 1. The molecule has 1 aliphatic heterocycles. The highest BCUT2D eigenvalue weighted by Gasteiger charge is 2.39. The third-order valence-electron chi connectivity index (χ3n) is 3.20. The van der Waals surface area contributed by atoms with E-state index in [1.807, 2.05) is 26.0 Å². The van der Waals surface area contributed by atoms with Crippen molar-refractivity contribution < 1.29 is 4.79 Å². The Labute approximate surface area is 90.1 Å². The summed E-state index contributed by atoms with van der Waals surface area (Å²) in [7, 11) is 0. The van der Waals surface area contributed by atoms with Gasteiger partial charge in [0.25, 0.3) is 0 Å². The highest BCUT2D eigenvalue weighted by atomic mass is 16.1. The molecule has 3 nitrogen and oxygen atoms in total. The van der Waals surface area contributed by atoms with Gasteiger partial charge in [-0.15, -0.1) is 0 Å². The molecule has 1 aromatic rings. The first-order valence-electron chi connectivity index (χ1n) is 5.28. The lowest BCUT2D eigenvalue weighted by molar-refractivity contribution is -0.123. The molecule has 15 heavy (non-hydrogen) atoms. The first-order valence-corrected chi connectivity index (χ1v) is 5.28. The van der Waals surface area contributed by atoms with Crippen molar-refractivity contribution in [1.29, 1.82) is 0 Å². The van der Waals surface area contributed by atoms with E-state index >= 15 is 0 Å². The van der Waals surface area contributed by atoms with Crippen molar-refractivity contribution in [2.75, 3.05) is 6.54 Å². The minimum Gasteiger partial charge on any atom is -0.298 e. The van der Waals surface area contributed by atoms with Gasteiger partial charge in [0.05, 0.1) is 5.54 Å². The molecule has 1 aliphatic rings. The number of carbonyl (C=O) groups excluding carboxylic acids is 1. The van der Waals surface area contributed by atoms with Crippen LogP contribution in [0, 0.1) is 0 Å². The van der Waals surface area contributed by atoms with Gasteiger partial charge in [0, 0.05) is 31.9 Å². The molecule has 0 unspecified atom stereocenters. The molecule has 1 saturated heterocycles. The van der Waals surface area contributed by atoms with E-state index in [1.165, 1.54) is 5.56 Å². The second kappa shape index (κ2) is 3.74. The molecular weight excluding hydrogens is 188 g/mol. The second-order valence-corrected chi connectivity index (χ2v) is 4.51. The topological polar surface area (TPSA) is 33.2 Å². The molecule has 0 N–H and O–H groups in total. The summed E-state index contributed by atoms with van der Waals surface area (Å²) >= 11 is 0. The van der Waals surface area contributed by atoms with Crippen LogP contribution >= 0.6 is 0 Å². The Kier molecular flexibility index (Phi) is 2.57. The SMILES string of the molecule is CC1(C)C(=O)CCN1Cc1ccncc1. The molecule has 0 atom stereocenters. The normalized spacial score (nSPS) is 20.8. The third-order valence-corrected chi connectivity index (χ3v) is 3.20. The van der Waals surface area contributed by atoms with E-state index in [2.05, 4.69) is 9.88 Å². The summed E-state index contributed by atoms with van der Waals surface area (Å²) in [5.41, 5.74) is 0.913. The first-order chi connectivity index (χ1) is 7.10. The van der Waals surface area contributed by atoms with Gasteiger partial charge < -0.3 is 0 Å². The number of ketones is 1. The van der Waals surface area contributed by atoms with E-state index < -0.39 is 0 Å². The molecule has 80 valence electrons. The maximum Gasteiger partial charge on any atom is 0.153 e. The summed E-state index contributed by atoms with van der Waals surface area (Å²) in [4.78, 5) is 17.9. The molecule has 3 heteroatoms. The number of rotatable bonds is 2. The van der Waals surface area contributed by atoms with Crippen LogP contribution in [-0.2, 0) is 11.3 Å². The van der Waals surface area contributed by atoms with Crippen LogP contribution in [0.1, 0.15) is 25.8 Å². The monoisotopic (exact) mass is 204 g/mol. The van der Waals surface area contributed by atoms with E-state index in [0.717, 1.165) is 13.1 Å². The van der Waals surface area contributed by atoms with Gasteiger partial charge in [-0.2, -0.15) is 0 Å². The predicted molar refractivity (Wildman–Crippen MR) is 58.4 cm³/mol. The van der Waals surface area contributed by atoms with Crippen LogP contribution in [-0.4, -0.2) is 27.8 Å². The van der Waals surface area contributed by atoms with Crippen LogP contribution in [0.15, 0.2) is 24.5 Å². The number of pyridine rings is 1. The van der Waals surface area contributed by atoms with E-state index in [-0.39, 0.29) is 5.54 Å². The highest BCUT2D eigenvalue weighted by molar-refractivity contribution is 5.89. The molecule has 0 spiro atoms. The Morgan fingerprint density at radius 3 is 2.60 bits per heavy atom. The van der Waals surface area contributed by atoms with E-state index in [4.69, 9.17) is 0 Å². The summed E-state index contributed by atoms with van der Waals surface area (Å²) < 4.78 is 0. The van der Waals surface area contributed by atoms with Gasteiger partial charge in [0.2, 0.25) is 0 Å². The van der Waals surface area contributed by atoms with Crippen LogP contribution in [0.2, 0.25) is 0 Å². The van der Waals surface area contributed by atoms with E-state index in [0.29, 0.717) is 12.2 Å². The molecule has 1 fully saturated rings. The molecule has 0 aliphatic carbocycles. The standard InChI is InChI=1S/C12H16N2O/c1-12(2)11(15)5-8-14(12)9-10-3-6-13-7-4-10/h3-4,6-7H,5,8-9H2,1-2H3. The van der Waals surface area contributed by atoms with Crippen molar-refractivity contribution in [3.8, 4) is 0 Å². The quantitative estimate of drug-likeness (QED) is 0.734. The molecular formula is C12H16N2O. The molecule has 1 aromatic heterocycles. The Balaban J connectivity index is 2.11. The van der Waals surface area contributed by atoms with Crippen LogP contribution in [0.25, 0.3) is 0 Å². The Morgan fingerprint density at radius 2 is 2.07 bits per heavy atom. The molecule has 0 amide bonds. The lowest BCUT2D eigenvalue weighted by Crippen LogP contribution is -2.42. The van der Waals surface area contributed by atoms with Gasteiger partial charge >= 0.3 is 0 Å². The maximum atomic E-state index is 11.6. The number of likely N-dealkylation sites (tertiary alicyclic amines) is 1. The zero-order chi connectivity index (χ0) is 10.9. The van der Waals surface area contributed by atoms with Crippen molar-refractivity contribution in [2.45, 2.75) is 32.4 Å². The van der Waals surface area contributed by atoms with Crippen LogP contribution in [0.5, 0.6) is 0 Å². The fourth-order valence-electron chi connectivity index (χ4n) is 1.98. The molecule has 0 radical (unpaired) electrons. The second-order valence-electron chi connectivity index (χ2n) is 4.51. The van der Waals surface area contributed by atoms with Crippen molar-refractivity contribution in [1.82, 2.24) is 9.88 Å². The fraction of sp³-hybridized carbons (Fsp3) is 0.500. The van der Waals surface area contributed by atoms with Gasteiger partial charge in [-0.3, -0.25) is 14.7 Å². The zero-order valence-corrected chi connectivity index (χ0v) is 9.23. The number of nitrogens with zero attached hydrogens (tertiary/aromatic N) is 2. The van der Waals surface area contributed by atoms with Gasteiger partial charge in [-0.05, 0) is 31.5 Å². The number of carbonyl (C=O) groups is 1. The Morgan fingerprint density at radius 1 is 1.40 bits per heavy atom. The minimum atomic E-state index is -0.302. The molecule has 2 heterocycles. The summed E-state index contributed by atoms with van der Waals surface area (Å²) in [6.07, 6.45) is 4.26. The average molecular weight is 204 g/mol. The molecule has 0 aromatic carbocycles. The summed E-state index contributed by atoms with van der Waals surface area (Å²) in [6, 6.07) is 4.00. The number of Topliss-reactive ketones (excluding diaryl/α,β-unsaturated/α-hetero) is 1. The zero-order valence-electron chi connectivity index (χ0n) is 9.23. The minimum absolute atomic E-state index is 0.302. The summed E-state index contributed by atoms with van der Waals surface area (Å²) in [5, 5.41) is 0. The molecule has 0 bridgehead atoms.